The first kappa shape index (κ1) is 33.6. The monoisotopic (exact) mass is 697 g/mol. The van der Waals surface area contributed by atoms with Crippen LogP contribution in [-0.4, -0.2) is 70.0 Å². The summed E-state index contributed by atoms with van der Waals surface area (Å²) >= 11 is 0. The lowest BCUT2D eigenvalue weighted by atomic mass is 9.71. The summed E-state index contributed by atoms with van der Waals surface area (Å²) in [5.41, 5.74) is 16.7. The van der Waals surface area contributed by atoms with Crippen LogP contribution in [0.15, 0.2) is 93.8 Å². The Morgan fingerprint density at radius 1 is 0.519 bits per heavy atom. The zero-order valence-corrected chi connectivity index (χ0v) is 32.7. The third-order valence-electron chi connectivity index (χ3n) is 12.8. The van der Waals surface area contributed by atoms with E-state index < -0.39 is 18.3 Å². The molecule has 1 aliphatic rings. The highest BCUT2D eigenvalue weighted by atomic mass is 16.7. The van der Waals surface area contributed by atoms with Gasteiger partial charge in [-0.2, -0.15) is 0 Å². The highest BCUT2D eigenvalue weighted by Crippen LogP contribution is 2.44. The molecule has 5 nitrogen and oxygen atoms in total. The lowest BCUT2D eigenvalue weighted by Gasteiger charge is -2.32. The summed E-state index contributed by atoms with van der Waals surface area (Å²) in [6.07, 6.45) is 0. The predicted molar refractivity (Wildman–Crippen MR) is 246 cm³/mol. The standard InChI is InChI=1S/C42H38B7NO4/c1-41(2)42(3,4)54-49(53-41)19-12-13-22-25-15-20(50-37-29(45)17-27(43)35(47)33(37)34-36(48)28(44)18-30(46)38(34)50)16-26(40(25)52-32(22)14-19)24-10-7-9-23-21-8-5-6-11-31(21)51-39(23)24/h5-18H,43-48H2,1-4H3. The Hall–Kier alpha value is -4.91. The first-order chi connectivity index (χ1) is 25.7. The van der Waals surface area contributed by atoms with Crippen LogP contribution in [-0.2, 0) is 9.31 Å². The smallest absolute Gasteiger partial charge is 0.455 e. The van der Waals surface area contributed by atoms with Crippen molar-refractivity contribution >= 4 is 158 Å². The fourth-order valence-corrected chi connectivity index (χ4v) is 9.00. The summed E-state index contributed by atoms with van der Waals surface area (Å²) in [5.74, 6) is 0. The van der Waals surface area contributed by atoms with Gasteiger partial charge < -0.3 is 22.7 Å². The Bertz CT molecular complexity index is 3010. The Morgan fingerprint density at radius 3 is 1.76 bits per heavy atom. The molecule has 3 aromatic heterocycles. The summed E-state index contributed by atoms with van der Waals surface area (Å²) in [7, 11) is 13.0. The van der Waals surface area contributed by atoms with E-state index in [0.29, 0.717) is 0 Å². The summed E-state index contributed by atoms with van der Waals surface area (Å²) in [5, 5.41) is 6.93. The van der Waals surface area contributed by atoms with Gasteiger partial charge in [-0.1, -0.05) is 93.4 Å². The Labute approximate surface area is 320 Å². The molecule has 12 heteroatoms. The van der Waals surface area contributed by atoms with Crippen LogP contribution in [0.5, 0.6) is 0 Å². The maximum Gasteiger partial charge on any atom is 0.494 e. The molecule has 0 bridgehead atoms. The van der Waals surface area contributed by atoms with Crippen LogP contribution in [0.4, 0.5) is 0 Å². The number of para-hydroxylation sites is 2. The van der Waals surface area contributed by atoms with Crippen LogP contribution in [0.2, 0.25) is 0 Å². The third-order valence-corrected chi connectivity index (χ3v) is 12.8. The predicted octanol–water partition coefficient (Wildman–Crippen LogP) is 0.0991. The molecule has 4 heterocycles. The van der Waals surface area contributed by atoms with E-state index in [9.17, 15) is 0 Å². The van der Waals surface area contributed by atoms with Gasteiger partial charge in [-0.05, 0) is 68.2 Å². The highest BCUT2D eigenvalue weighted by Gasteiger charge is 2.51. The number of hydrogen-bond donors (Lipinski definition) is 0. The van der Waals surface area contributed by atoms with Crippen LogP contribution >= 0.6 is 0 Å². The van der Waals surface area contributed by atoms with E-state index in [4.69, 9.17) is 18.1 Å². The largest absolute Gasteiger partial charge is 0.494 e. The second-order valence-corrected chi connectivity index (χ2v) is 16.6. The van der Waals surface area contributed by atoms with Gasteiger partial charge >= 0.3 is 7.12 Å². The number of benzene rings is 6. The van der Waals surface area contributed by atoms with Gasteiger partial charge in [-0.15, -0.1) is 0 Å². The number of aromatic nitrogens is 1. The summed E-state index contributed by atoms with van der Waals surface area (Å²) in [4.78, 5) is 0. The molecule has 6 aromatic carbocycles. The third kappa shape index (κ3) is 4.56. The number of fused-ring (bicyclic) bond motifs is 9. The van der Waals surface area contributed by atoms with E-state index in [1.807, 2.05) is 12.1 Å². The van der Waals surface area contributed by atoms with Gasteiger partial charge in [0.2, 0.25) is 0 Å². The maximum atomic E-state index is 6.97. The van der Waals surface area contributed by atoms with Crippen molar-refractivity contribution in [2.24, 2.45) is 0 Å². The number of hydrogen-bond acceptors (Lipinski definition) is 4. The van der Waals surface area contributed by atoms with Crippen LogP contribution < -0.4 is 38.2 Å². The molecule has 0 amide bonds. The van der Waals surface area contributed by atoms with E-state index in [2.05, 4.69) is 152 Å². The van der Waals surface area contributed by atoms with Gasteiger partial charge in [-0.25, -0.2) is 0 Å². The molecule has 1 aliphatic heterocycles. The molecule has 0 atom stereocenters. The molecule has 0 unspecified atom stereocenters. The fraction of sp³-hybridized carbons (Fsp3) is 0.143. The topological polar surface area (TPSA) is 49.7 Å². The van der Waals surface area contributed by atoms with Crippen molar-refractivity contribution in [1.82, 2.24) is 4.57 Å². The second kappa shape index (κ2) is 11.3. The zero-order chi connectivity index (χ0) is 37.6. The van der Waals surface area contributed by atoms with E-state index in [-0.39, 0.29) is 0 Å². The van der Waals surface area contributed by atoms with E-state index >= 15 is 0 Å². The zero-order valence-electron chi connectivity index (χ0n) is 32.7. The van der Waals surface area contributed by atoms with Gasteiger partial charge in [0, 0.05) is 49.4 Å². The first-order valence-corrected chi connectivity index (χ1v) is 19.0. The van der Waals surface area contributed by atoms with Crippen molar-refractivity contribution in [3.05, 3.63) is 84.9 Å². The average molecular weight is 696 g/mol. The molecule has 1 fully saturated rings. The van der Waals surface area contributed by atoms with Crippen molar-refractivity contribution < 1.29 is 18.1 Å². The molecular weight excluding hydrogens is 658 g/mol. The summed E-state index contributed by atoms with van der Waals surface area (Å²) in [6.45, 7) is 8.34. The molecule has 0 spiro atoms. The molecule has 9 aromatic rings. The molecule has 0 N–H and O–H groups in total. The maximum absolute atomic E-state index is 6.97. The van der Waals surface area contributed by atoms with Crippen LogP contribution in [0, 0.1) is 0 Å². The molecular formula is C42H38B7NO4. The minimum absolute atomic E-state index is 0.444. The van der Waals surface area contributed by atoms with Gasteiger partial charge in [0.05, 0.1) is 11.2 Å². The lowest BCUT2D eigenvalue weighted by molar-refractivity contribution is 0.00578. The molecule has 54 heavy (non-hydrogen) atoms. The Balaban J connectivity index is 1.33. The second-order valence-electron chi connectivity index (χ2n) is 16.6. The van der Waals surface area contributed by atoms with Crippen molar-refractivity contribution in [3.8, 4) is 16.8 Å². The van der Waals surface area contributed by atoms with E-state index in [1.54, 1.807) is 0 Å². The minimum atomic E-state index is -0.492. The summed E-state index contributed by atoms with van der Waals surface area (Å²) < 4.78 is 29.1. The number of nitrogens with zero attached hydrogens (tertiary/aromatic N) is 1. The molecule has 0 aliphatic carbocycles. The van der Waals surface area contributed by atoms with Gasteiger partial charge in [0.1, 0.15) is 69.4 Å². The van der Waals surface area contributed by atoms with Crippen molar-refractivity contribution in [1.29, 1.82) is 0 Å². The van der Waals surface area contributed by atoms with Gasteiger partial charge in [0.25, 0.3) is 0 Å². The average Bonchev–Trinajstić information content (AvgIpc) is 3.86. The highest BCUT2D eigenvalue weighted by molar-refractivity contribution is 6.63. The van der Waals surface area contributed by atoms with Crippen molar-refractivity contribution in [2.75, 3.05) is 0 Å². The molecule has 10 rings (SSSR count). The van der Waals surface area contributed by atoms with Crippen molar-refractivity contribution in [2.45, 2.75) is 38.9 Å². The molecule has 0 saturated carbocycles. The Kier molecular flexibility index (Phi) is 7.05. The fourth-order valence-electron chi connectivity index (χ4n) is 9.00. The molecule has 1 saturated heterocycles. The van der Waals surface area contributed by atoms with Crippen LogP contribution in [0.3, 0.4) is 0 Å². The normalized spacial score (nSPS) is 15.6. The molecule has 0 radical (unpaired) electrons. The van der Waals surface area contributed by atoms with Gasteiger partial charge in [0.15, 0.2) is 0 Å². The van der Waals surface area contributed by atoms with Gasteiger partial charge in [-0.3, -0.25) is 0 Å². The first-order valence-electron chi connectivity index (χ1n) is 19.0. The SMILES string of the molecule is Bc1cc(B)c2c(c1B)c1c(B)c(B)cc(B)c1n2-c1cc(-c2cccc3c2oc2ccccc23)c2oc3cc(B4OC(C)(C)C(C)(C)O4)ccc3c2c1. The van der Waals surface area contributed by atoms with E-state index in [1.165, 1.54) is 54.6 Å². The number of furan rings is 2. The summed E-state index contributed by atoms with van der Waals surface area (Å²) in [6, 6.07) is 30.4. The van der Waals surface area contributed by atoms with Crippen molar-refractivity contribution in [3.63, 3.8) is 0 Å². The Morgan fingerprint density at radius 2 is 1.09 bits per heavy atom. The van der Waals surface area contributed by atoms with E-state index in [0.717, 1.165) is 66.2 Å². The quantitative estimate of drug-likeness (QED) is 0.246. The molecule has 256 valence electrons. The van der Waals surface area contributed by atoms with Crippen LogP contribution in [0.1, 0.15) is 27.7 Å². The van der Waals surface area contributed by atoms with Crippen LogP contribution in [0.25, 0.3) is 82.5 Å². The lowest BCUT2D eigenvalue weighted by Crippen LogP contribution is -2.41. The minimum Gasteiger partial charge on any atom is -0.455 e. The number of rotatable bonds is 3.